The quantitative estimate of drug-likeness (QED) is 0.807. The summed E-state index contributed by atoms with van der Waals surface area (Å²) in [6.45, 7) is 2.05. The number of aromatic nitrogens is 1. The van der Waals surface area contributed by atoms with Gasteiger partial charge in [0.25, 0.3) is 0 Å². The molecule has 0 saturated carbocycles. The Morgan fingerprint density at radius 3 is 3.14 bits per heavy atom. The van der Waals surface area contributed by atoms with Crippen molar-refractivity contribution in [1.82, 2.24) is 4.98 Å². The Kier molecular flexibility index (Phi) is 3.90. The van der Waals surface area contributed by atoms with E-state index in [1.165, 1.54) is 17.4 Å². The second-order valence-electron chi connectivity index (χ2n) is 4.92. The van der Waals surface area contributed by atoms with Gasteiger partial charge >= 0.3 is 12.0 Å². The molecule has 1 heterocycles. The molecule has 1 aliphatic rings. The number of rotatable bonds is 4. The first-order valence-electron chi connectivity index (χ1n) is 7.15. The zero-order valence-corrected chi connectivity index (χ0v) is 11.9. The molecular formula is C16H17NO4. The summed E-state index contributed by atoms with van der Waals surface area (Å²) in [6.07, 6.45) is 4.34. The summed E-state index contributed by atoms with van der Waals surface area (Å²) >= 11 is 0. The molecule has 0 amide bonds. The SMILES string of the molecule is CCOC(=O)c1coc(OC2CCCc3ccccc32)n1. The minimum atomic E-state index is -0.500. The lowest BCUT2D eigenvalue weighted by Crippen LogP contribution is -2.15. The van der Waals surface area contributed by atoms with Crippen LogP contribution in [0.1, 0.15) is 47.5 Å². The largest absolute Gasteiger partial charge is 0.461 e. The molecule has 3 rings (SSSR count). The number of fused-ring (bicyclic) bond motifs is 1. The van der Waals surface area contributed by atoms with E-state index in [4.69, 9.17) is 13.9 Å². The highest BCUT2D eigenvalue weighted by atomic mass is 16.6. The molecular weight excluding hydrogens is 270 g/mol. The minimum Gasteiger partial charge on any atom is -0.461 e. The summed E-state index contributed by atoms with van der Waals surface area (Å²) in [5.74, 6) is -0.500. The predicted molar refractivity (Wildman–Crippen MR) is 75.2 cm³/mol. The molecule has 21 heavy (non-hydrogen) atoms. The lowest BCUT2D eigenvalue weighted by molar-refractivity contribution is 0.0518. The van der Waals surface area contributed by atoms with Gasteiger partial charge in [-0.3, -0.25) is 0 Å². The van der Waals surface area contributed by atoms with Gasteiger partial charge in [0.05, 0.1) is 6.61 Å². The monoisotopic (exact) mass is 287 g/mol. The summed E-state index contributed by atoms with van der Waals surface area (Å²) in [5.41, 5.74) is 2.60. The Labute approximate surface area is 122 Å². The lowest BCUT2D eigenvalue weighted by Gasteiger charge is -2.24. The molecule has 1 atom stereocenters. The Bertz CT molecular complexity index is 635. The number of ether oxygens (including phenoxy) is 2. The molecule has 1 aliphatic carbocycles. The van der Waals surface area contributed by atoms with Gasteiger partial charge in [-0.15, -0.1) is 0 Å². The lowest BCUT2D eigenvalue weighted by atomic mass is 9.89. The van der Waals surface area contributed by atoms with Crippen molar-refractivity contribution < 1.29 is 18.7 Å². The highest BCUT2D eigenvalue weighted by Gasteiger charge is 2.24. The van der Waals surface area contributed by atoms with Gasteiger partial charge < -0.3 is 13.9 Å². The molecule has 0 aliphatic heterocycles. The van der Waals surface area contributed by atoms with Crippen molar-refractivity contribution in [2.45, 2.75) is 32.3 Å². The van der Waals surface area contributed by atoms with Crippen molar-refractivity contribution in [1.29, 1.82) is 0 Å². The Morgan fingerprint density at radius 2 is 2.29 bits per heavy atom. The van der Waals surface area contributed by atoms with Crippen molar-refractivity contribution in [3.8, 4) is 6.08 Å². The Balaban J connectivity index is 1.75. The number of aryl methyl sites for hydroxylation is 1. The highest BCUT2D eigenvalue weighted by molar-refractivity contribution is 5.86. The maximum absolute atomic E-state index is 11.5. The molecule has 1 unspecified atom stereocenters. The van der Waals surface area contributed by atoms with Crippen LogP contribution in [0, 0.1) is 0 Å². The van der Waals surface area contributed by atoms with Gasteiger partial charge in [0, 0.05) is 0 Å². The van der Waals surface area contributed by atoms with Gasteiger partial charge in [-0.05, 0) is 37.3 Å². The fourth-order valence-corrected chi connectivity index (χ4v) is 2.56. The van der Waals surface area contributed by atoms with Gasteiger partial charge in [0.2, 0.25) is 0 Å². The second-order valence-corrected chi connectivity index (χ2v) is 4.92. The van der Waals surface area contributed by atoms with Crippen LogP contribution < -0.4 is 4.74 Å². The van der Waals surface area contributed by atoms with Crippen molar-refractivity contribution in [3.05, 3.63) is 47.3 Å². The van der Waals surface area contributed by atoms with Crippen LogP contribution in [0.3, 0.4) is 0 Å². The molecule has 0 N–H and O–H groups in total. The van der Waals surface area contributed by atoms with Gasteiger partial charge in [-0.1, -0.05) is 24.3 Å². The topological polar surface area (TPSA) is 61.6 Å². The summed E-state index contributed by atoms with van der Waals surface area (Å²) in [4.78, 5) is 15.6. The van der Waals surface area contributed by atoms with E-state index in [-0.39, 0.29) is 17.9 Å². The van der Waals surface area contributed by atoms with Crippen LogP contribution in [0.2, 0.25) is 0 Å². The molecule has 2 aromatic rings. The smallest absolute Gasteiger partial charge is 0.394 e. The zero-order valence-electron chi connectivity index (χ0n) is 11.9. The van der Waals surface area contributed by atoms with E-state index in [2.05, 4.69) is 17.1 Å². The van der Waals surface area contributed by atoms with Crippen LogP contribution in [-0.4, -0.2) is 17.6 Å². The minimum absolute atomic E-state index is 0.0800. The third-order valence-corrected chi connectivity index (χ3v) is 3.53. The summed E-state index contributed by atoms with van der Waals surface area (Å²) in [7, 11) is 0. The summed E-state index contributed by atoms with van der Waals surface area (Å²) in [5, 5.41) is 0. The third-order valence-electron chi connectivity index (χ3n) is 3.53. The van der Waals surface area contributed by atoms with Crippen LogP contribution >= 0.6 is 0 Å². The van der Waals surface area contributed by atoms with Gasteiger partial charge in [-0.2, -0.15) is 4.98 Å². The molecule has 0 bridgehead atoms. The van der Waals surface area contributed by atoms with E-state index < -0.39 is 5.97 Å². The van der Waals surface area contributed by atoms with Crippen molar-refractivity contribution >= 4 is 5.97 Å². The van der Waals surface area contributed by atoms with Crippen LogP contribution in [0.25, 0.3) is 0 Å². The van der Waals surface area contributed by atoms with Gasteiger partial charge in [0.1, 0.15) is 12.4 Å². The average Bonchev–Trinajstić information content (AvgIpc) is 2.97. The number of benzene rings is 1. The first-order valence-corrected chi connectivity index (χ1v) is 7.15. The molecule has 110 valence electrons. The molecule has 1 aromatic heterocycles. The number of nitrogens with zero attached hydrogens (tertiary/aromatic N) is 1. The van der Waals surface area contributed by atoms with E-state index in [0.29, 0.717) is 6.61 Å². The average molecular weight is 287 g/mol. The second kappa shape index (κ2) is 5.99. The van der Waals surface area contributed by atoms with E-state index in [1.54, 1.807) is 6.92 Å². The van der Waals surface area contributed by atoms with Crippen molar-refractivity contribution in [2.24, 2.45) is 0 Å². The number of carbonyl (C=O) groups is 1. The van der Waals surface area contributed by atoms with E-state index in [0.717, 1.165) is 19.3 Å². The fourth-order valence-electron chi connectivity index (χ4n) is 2.56. The Morgan fingerprint density at radius 1 is 1.43 bits per heavy atom. The molecule has 5 heteroatoms. The third kappa shape index (κ3) is 2.91. The number of oxazole rings is 1. The maximum Gasteiger partial charge on any atom is 0.394 e. The first kappa shape index (κ1) is 13.7. The molecule has 0 saturated heterocycles. The summed E-state index contributed by atoms with van der Waals surface area (Å²) < 4.78 is 15.9. The maximum atomic E-state index is 11.5. The molecule has 0 radical (unpaired) electrons. The zero-order chi connectivity index (χ0) is 14.7. The predicted octanol–water partition coefficient (Wildman–Crippen LogP) is 3.31. The normalized spacial score (nSPS) is 17.1. The van der Waals surface area contributed by atoms with Crippen LogP contribution in [-0.2, 0) is 11.2 Å². The highest BCUT2D eigenvalue weighted by Crippen LogP contribution is 2.33. The first-order chi connectivity index (χ1) is 10.3. The van der Waals surface area contributed by atoms with Crippen molar-refractivity contribution in [3.63, 3.8) is 0 Å². The summed E-state index contributed by atoms with van der Waals surface area (Å²) in [6, 6.07) is 8.21. The fraction of sp³-hybridized carbons (Fsp3) is 0.375. The van der Waals surface area contributed by atoms with Crippen LogP contribution in [0.15, 0.2) is 34.9 Å². The van der Waals surface area contributed by atoms with E-state index in [1.807, 2.05) is 12.1 Å². The number of hydrogen-bond acceptors (Lipinski definition) is 5. The van der Waals surface area contributed by atoms with Crippen LogP contribution in [0.5, 0.6) is 6.08 Å². The Hall–Kier alpha value is -2.30. The van der Waals surface area contributed by atoms with E-state index >= 15 is 0 Å². The number of esters is 1. The standard InChI is InChI=1S/C16H17NO4/c1-2-19-15(18)13-10-20-16(17-13)21-14-9-5-7-11-6-3-4-8-12(11)14/h3-4,6,8,10,14H,2,5,7,9H2,1H3. The molecule has 5 nitrogen and oxygen atoms in total. The van der Waals surface area contributed by atoms with Gasteiger partial charge in [-0.25, -0.2) is 4.79 Å². The van der Waals surface area contributed by atoms with E-state index in [9.17, 15) is 4.79 Å². The van der Waals surface area contributed by atoms with Gasteiger partial charge in [0.15, 0.2) is 5.69 Å². The number of hydrogen-bond donors (Lipinski definition) is 0. The molecule has 0 fully saturated rings. The number of carbonyl (C=O) groups excluding carboxylic acids is 1. The molecule has 0 spiro atoms. The van der Waals surface area contributed by atoms with Crippen molar-refractivity contribution in [2.75, 3.05) is 6.61 Å². The molecule has 1 aromatic carbocycles. The van der Waals surface area contributed by atoms with Crippen LogP contribution in [0.4, 0.5) is 0 Å².